The maximum absolute atomic E-state index is 12.4. The molecule has 1 heterocycles. The maximum Gasteiger partial charge on any atom is 0.234 e. The van der Waals surface area contributed by atoms with Crippen LogP contribution in [0.25, 0.3) is 11.4 Å². The lowest BCUT2D eigenvalue weighted by atomic mass is 9.87. The van der Waals surface area contributed by atoms with Gasteiger partial charge in [0.1, 0.15) is 0 Å². The van der Waals surface area contributed by atoms with Crippen molar-refractivity contribution in [3.8, 4) is 11.4 Å². The average Bonchev–Trinajstić information content (AvgIpc) is 3.11. The number of hydrogen-bond donors (Lipinski definition) is 1. The second-order valence-corrected chi connectivity index (χ2v) is 10.1. The fraction of sp³-hybridized carbons (Fsp3) is 0.318. The summed E-state index contributed by atoms with van der Waals surface area (Å²) in [5, 5.41) is 12.7. The van der Waals surface area contributed by atoms with Gasteiger partial charge < -0.3 is 9.88 Å². The molecule has 0 aliphatic carbocycles. The average molecular weight is 508 g/mol. The monoisotopic (exact) mass is 506 g/mol. The molecular weight excluding hydrogens is 484 g/mol. The number of aromatic nitrogens is 3. The lowest BCUT2D eigenvalue weighted by Crippen LogP contribution is -2.15. The molecule has 2 aromatic carbocycles. The predicted molar refractivity (Wildman–Crippen MR) is 128 cm³/mol. The minimum Gasteiger partial charge on any atom is -0.324 e. The Bertz CT molecular complexity index is 1040. The molecule has 5 nitrogen and oxygen atoms in total. The van der Waals surface area contributed by atoms with E-state index in [1.807, 2.05) is 17.6 Å². The molecule has 0 bridgehead atoms. The molecule has 1 N–H and O–H groups in total. The van der Waals surface area contributed by atoms with Crippen LogP contribution >= 0.6 is 39.3 Å². The van der Waals surface area contributed by atoms with Crippen molar-refractivity contribution in [2.45, 2.75) is 44.8 Å². The third-order valence-corrected chi connectivity index (χ3v) is 6.35. The lowest BCUT2D eigenvalue weighted by molar-refractivity contribution is -0.113. The van der Waals surface area contributed by atoms with E-state index in [2.05, 4.69) is 76.5 Å². The number of nitrogens with one attached hydrogen (secondary N) is 1. The topological polar surface area (TPSA) is 59.8 Å². The summed E-state index contributed by atoms with van der Waals surface area (Å²) in [6.45, 7) is 9.33. The van der Waals surface area contributed by atoms with Gasteiger partial charge in [-0.25, -0.2) is 0 Å². The van der Waals surface area contributed by atoms with Gasteiger partial charge in [0.15, 0.2) is 11.0 Å². The molecule has 8 heteroatoms. The summed E-state index contributed by atoms with van der Waals surface area (Å²) in [7, 11) is 0. The Morgan fingerprint density at radius 1 is 1.17 bits per heavy atom. The van der Waals surface area contributed by atoms with Crippen LogP contribution in [-0.4, -0.2) is 26.4 Å². The highest BCUT2D eigenvalue weighted by atomic mass is 79.9. The van der Waals surface area contributed by atoms with E-state index in [1.54, 1.807) is 12.1 Å². The van der Waals surface area contributed by atoms with Crippen LogP contribution in [0, 0.1) is 0 Å². The molecule has 0 fully saturated rings. The van der Waals surface area contributed by atoms with Crippen molar-refractivity contribution in [1.82, 2.24) is 14.8 Å². The van der Waals surface area contributed by atoms with E-state index in [0.29, 0.717) is 22.4 Å². The molecule has 1 aromatic heterocycles. The van der Waals surface area contributed by atoms with Crippen molar-refractivity contribution in [2.75, 3.05) is 11.1 Å². The molecule has 0 spiro atoms. The Hall–Kier alpha value is -1.83. The number of benzene rings is 2. The fourth-order valence-electron chi connectivity index (χ4n) is 2.92. The molecule has 30 heavy (non-hydrogen) atoms. The number of rotatable bonds is 6. The van der Waals surface area contributed by atoms with Gasteiger partial charge in [-0.3, -0.25) is 4.79 Å². The number of anilines is 1. The van der Waals surface area contributed by atoms with Crippen LogP contribution in [0.15, 0.2) is 52.1 Å². The second-order valence-electron chi connectivity index (χ2n) is 7.84. The Balaban J connectivity index is 1.70. The van der Waals surface area contributed by atoms with Gasteiger partial charge in [-0.15, -0.1) is 10.2 Å². The van der Waals surface area contributed by atoms with Crippen molar-refractivity contribution < 1.29 is 4.79 Å². The summed E-state index contributed by atoms with van der Waals surface area (Å²) in [4.78, 5) is 12.4. The minimum absolute atomic E-state index is 0.100. The van der Waals surface area contributed by atoms with E-state index >= 15 is 0 Å². The number of carbonyl (C=O) groups excluding carboxylic acids is 1. The highest BCUT2D eigenvalue weighted by Gasteiger charge is 2.17. The first kappa shape index (κ1) is 22.8. The van der Waals surface area contributed by atoms with Crippen molar-refractivity contribution in [2.24, 2.45) is 0 Å². The van der Waals surface area contributed by atoms with Crippen molar-refractivity contribution >= 4 is 50.9 Å². The van der Waals surface area contributed by atoms with Gasteiger partial charge in [0.2, 0.25) is 5.91 Å². The first-order chi connectivity index (χ1) is 14.2. The second kappa shape index (κ2) is 9.54. The Morgan fingerprint density at radius 3 is 2.47 bits per heavy atom. The van der Waals surface area contributed by atoms with Crippen LogP contribution in [0.4, 0.5) is 5.69 Å². The SMILES string of the molecule is CCn1c(SCC(=O)Nc2ccc(Br)cc2Cl)nnc1-c1ccc(C(C)(C)C)cc1. The van der Waals surface area contributed by atoms with Crippen LogP contribution in [0.3, 0.4) is 0 Å². The van der Waals surface area contributed by atoms with Gasteiger partial charge in [0.25, 0.3) is 0 Å². The number of amides is 1. The summed E-state index contributed by atoms with van der Waals surface area (Å²) < 4.78 is 2.88. The van der Waals surface area contributed by atoms with Gasteiger partial charge >= 0.3 is 0 Å². The largest absolute Gasteiger partial charge is 0.324 e. The summed E-state index contributed by atoms with van der Waals surface area (Å²) >= 11 is 10.9. The van der Waals surface area contributed by atoms with E-state index < -0.39 is 0 Å². The first-order valence-corrected chi connectivity index (χ1v) is 11.8. The first-order valence-electron chi connectivity index (χ1n) is 9.61. The number of halogens is 2. The van der Waals surface area contributed by atoms with Gasteiger partial charge in [0.05, 0.1) is 16.5 Å². The molecule has 0 aliphatic heterocycles. The standard InChI is InChI=1S/C22H24BrClN4OS/c1-5-28-20(14-6-8-15(9-7-14)22(2,3)4)26-27-21(28)30-13-19(29)25-18-11-10-16(23)12-17(18)24/h6-12H,5,13H2,1-4H3,(H,25,29). The Kier molecular flexibility index (Phi) is 7.26. The number of hydrogen-bond acceptors (Lipinski definition) is 4. The number of nitrogens with zero attached hydrogens (tertiary/aromatic N) is 3. The molecule has 0 atom stereocenters. The highest BCUT2D eigenvalue weighted by Crippen LogP contribution is 2.29. The minimum atomic E-state index is -0.147. The maximum atomic E-state index is 12.4. The molecule has 0 saturated carbocycles. The smallest absolute Gasteiger partial charge is 0.234 e. The molecule has 0 aliphatic rings. The molecule has 158 valence electrons. The number of thioether (sulfide) groups is 1. The molecular formula is C22H24BrClN4OS. The summed E-state index contributed by atoms with van der Waals surface area (Å²) in [5.74, 6) is 0.871. The van der Waals surface area contributed by atoms with E-state index in [-0.39, 0.29) is 17.1 Å². The van der Waals surface area contributed by atoms with E-state index in [0.717, 1.165) is 15.9 Å². The third kappa shape index (κ3) is 5.45. The third-order valence-electron chi connectivity index (χ3n) is 4.58. The van der Waals surface area contributed by atoms with Crippen LogP contribution in [-0.2, 0) is 16.8 Å². The molecule has 0 radical (unpaired) electrons. The lowest BCUT2D eigenvalue weighted by Gasteiger charge is -2.19. The molecule has 3 rings (SSSR count). The van der Waals surface area contributed by atoms with Crippen molar-refractivity contribution in [1.29, 1.82) is 0 Å². The van der Waals surface area contributed by atoms with E-state index in [1.165, 1.54) is 17.3 Å². The fourth-order valence-corrected chi connectivity index (χ4v) is 4.44. The normalized spacial score (nSPS) is 11.5. The molecule has 0 saturated heterocycles. The zero-order valence-electron chi connectivity index (χ0n) is 17.4. The molecule has 0 unspecified atom stereocenters. The molecule has 1 amide bonds. The van der Waals surface area contributed by atoms with E-state index in [9.17, 15) is 4.79 Å². The summed E-state index contributed by atoms with van der Waals surface area (Å²) in [6, 6.07) is 13.8. The highest BCUT2D eigenvalue weighted by molar-refractivity contribution is 9.10. The quantitative estimate of drug-likeness (QED) is 0.392. The van der Waals surface area contributed by atoms with Gasteiger partial charge in [-0.1, -0.05) is 84.3 Å². The molecule has 3 aromatic rings. The Morgan fingerprint density at radius 2 is 1.87 bits per heavy atom. The van der Waals surface area contributed by atoms with Crippen LogP contribution in [0.2, 0.25) is 5.02 Å². The Labute approximate surface area is 194 Å². The zero-order valence-corrected chi connectivity index (χ0v) is 20.5. The predicted octanol–water partition coefficient (Wildman–Crippen LogP) is 6.41. The van der Waals surface area contributed by atoms with Crippen molar-refractivity contribution in [3.63, 3.8) is 0 Å². The zero-order chi connectivity index (χ0) is 21.9. The van der Waals surface area contributed by atoms with Gasteiger partial charge in [-0.05, 0) is 36.1 Å². The van der Waals surface area contributed by atoms with Crippen LogP contribution in [0.5, 0.6) is 0 Å². The van der Waals surface area contributed by atoms with Gasteiger partial charge in [0, 0.05) is 16.6 Å². The van der Waals surface area contributed by atoms with Crippen LogP contribution in [0.1, 0.15) is 33.3 Å². The summed E-state index contributed by atoms with van der Waals surface area (Å²) in [5.41, 5.74) is 2.97. The van der Waals surface area contributed by atoms with Crippen LogP contribution < -0.4 is 5.32 Å². The van der Waals surface area contributed by atoms with E-state index in [4.69, 9.17) is 11.6 Å². The van der Waals surface area contributed by atoms with Crippen molar-refractivity contribution in [3.05, 3.63) is 57.5 Å². The number of carbonyl (C=O) groups is 1. The van der Waals surface area contributed by atoms with Gasteiger partial charge in [-0.2, -0.15) is 0 Å². The summed E-state index contributed by atoms with van der Waals surface area (Å²) in [6.07, 6.45) is 0.